The van der Waals surface area contributed by atoms with Crippen molar-refractivity contribution in [2.24, 2.45) is 0 Å². The third kappa shape index (κ3) is 2.84. The van der Waals surface area contributed by atoms with Crippen LogP contribution in [-0.4, -0.2) is 23.4 Å². The van der Waals surface area contributed by atoms with Gasteiger partial charge in [-0.2, -0.15) is 0 Å². The number of carbonyl (C=O) groups is 1. The topological polar surface area (TPSA) is 20.3 Å². The van der Waals surface area contributed by atoms with Crippen molar-refractivity contribution < 1.29 is 9.18 Å². The van der Waals surface area contributed by atoms with Crippen LogP contribution in [0.2, 0.25) is 0 Å². The van der Waals surface area contributed by atoms with Crippen molar-refractivity contribution in [3.63, 3.8) is 0 Å². The van der Waals surface area contributed by atoms with Crippen molar-refractivity contribution in [1.29, 1.82) is 0 Å². The number of hydrogen-bond donors (Lipinski definition) is 0. The maximum Gasteiger partial charge on any atom is 0.257 e. The van der Waals surface area contributed by atoms with Gasteiger partial charge >= 0.3 is 0 Å². The lowest BCUT2D eigenvalue weighted by atomic mass is 9.98. The second-order valence-electron chi connectivity index (χ2n) is 5.01. The third-order valence-electron chi connectivity index (χ3n) is 3.43. The summed E-state index contributed by atoms with van der Waals surface area (Å²) in [6.45, 7) is 7.80. The van der Waals surface area contributed by atoms with Crippen LogP contribution in [0.4, 0.5) is 4.39 Å². The predicted octanol–water partition coefficient (Wildman–Crippen LogP) is 3.39. The molecule has 0 aliphatic carbocycles. The Bertz CT molecular complexity index is 426. The van der Waals surface area contributed by atoms with Gasteiger partial charge in [0.1, 0.15) is 5.82 Å². The van der Waals surface area contributed by atoms with Crippen molar-refractivity contribution >= 4 is 5.91 Å². The molecule has 17 heavy (non-hydrogen) atoms. The Hall–Kier alpha value is -1.38. The van der Waals surface area contributed by atoms with Gasteiger partial charge in [0.05, 0.1) is 5.56 Å². The monoisotopic (exact) mass is 237 g/mol. The molecular weight excluding hydrogens is 217 g/mol. The van der Waals surface area contributed by atoms with Crippen molar-refractivity contribution in [2.75, 3.05) is 7.05 Å². The van der Waals surface area contributed by atoms with Crippen molar-refractivity contribution in [3.8, 4) is 0 Å². The molecule has 0 atom stereocenters. The molecule has 0 saturated carbocycles. The summed E-state index contributed by atoms with van der Waals surface area (Å²) in [5.74, 6) is -0.725. The van der Waals surface area contributed by atoms with Gasteiger partial charge < -0.3 is 4.90 Å². The number of benzene rings is 1. The number of rotatable bonds is 3. The van der Waals surface area contributed by atoms with Crippen LogP contribution in [0.25, 0.3) is 0 Å². The molecule has 0 aliphatic heterocycles. The largest absolute Gasteiger partial charge is 0.337 e. The Morgan fingerprint density at radius 3 is 2.53 bits per heavy atom. The van der Waals surface area contributed by atoms with E-state index in [-0.39, 0.29) is 17.0 Å². The lowest BCUT2D eigenvalue weighted by Gasteiger charge is -2.35. The van der Waals surface area contributed by atoms with E-state index in [1.54, 1.807) is 24.1 Å². The van der Waals surface area contributed by atoms with Crippen LogP contribution < -0.4 is 0 Å². The van der Waals surface area contributed by atoms with Crippen LogP contribution in [0.5, 0.6) is 0 Å². The second-order valence-corrected chi connectivity index (χ2v) is 5.01. The molecule has 0 N–H and O–H groups in total. The molecule has 0 saturated heterocycles. The molecule has 1 rings (SSSR count). The summed E-state index contributed by atoms with van der Waals surface area (Å²) in [6.07, 6.45) is 0.822. The van der Waals surface area contributed by atoms with E-state index in [0.717, 1.165) is 12.0 Å². The van der Waals surface area contributed by atoms with Crippen molar-refractivity contribution in [3.05, 3.63) is 35.1 Å². The summed E-state index contributed by atoms with van der Waals surface area (Å²) in [5.41, 5.74) is 0.763. The van der Waals surface area contributed by atoms with Gasteiger partial charge in [0, 0.05) is 12.6 Å². The third-order valence-corrected chi connectivity index (χ3v) is 3.43. The highest BCUT2D eigenvalue weighted by Gasteiger charge is 2.27. The molecule has 2 nitrogen and oxygen atoms in total. The molecule has 0 radical (unpaired) electrons. The Morgan fingerprint density at radius 2 is 2.00 bits per heavy atom. The maximum atomic E-state index is 13.6. The summed E-state index contributed by atoms with van der Waals surface area (Å²) < 4.78 is 13.6. The maximum absolute atomic E-state index is 13.6. The number of aryl methyl sites for hydroxylation is 1. The number of amides is 1. The van der Waals surface area contributed by atoms with Crippen LogP contribution in [0.15, 0.2) is 18.2 Å². The quantitative estimate of drug-likeness (QED) is 0.789. The highest BCUT2D eigenvalue weighted by Crippen LogP contribution is 2.21. The molecule has 0 fully saturated rings. The van der Waals surface area contributed by atoms with Crippen molar-refractivity contribution in [1.82, 2.24) is 4.90 Å². The minimum absolute atomic E-state index is 0.147. The average Bonchev–Trinajstić information content (AvgIpc) is 2.30. The van der Waals surface area contributed by atoms with Crippen LogP contribution in [-0.2, 0) is 0 Å². The van der Waals surface area contributed by atoms with Gasteiger partial charge in [0.2, 0.25) is 0 Å². The zero-order chi connectivity index (χ0) is 13.2. The normalized spacial score (nSPS) is 11.4. The summed E-state index contributed by atoms with van der Waals surface area (Å²) in [6, 6.07) is 4.60. The molecule has 1 aromatic rings. The van der Waals surface area contributed by atoms with E-state index < -0.39 is 5.82 Å². The van der Waals surface area contributed by atoms with Gasteiger partial charge in [-0.05, 0) is 39.3 Å². The van der Waals surface area contributed by atoms with Gasteiger partial charge in [-0.25, -0.2) is 4.39 Å². The molecule has 94 valence electrons. The Balaban J connectivity index is 3.08. The fourth-order valence-electron chi connectivity index (χ4n) is 1.50. The first-order valence-corrected chi connectivity index (χ1v) is 5.84. The molecule has 1 amide bonds. The fourth-order valence-corrected chi connectivity index (χ4v) is 1.50. The number of halogens is 1. The summed E-state index contributed by atoms with van der Waals surface area (Å²) in [5, 5.41) is 0. The van der Waals surface area contributed by atoms with E-state index in [1.807, 2.05) is 27.7 Å². The van der Waals surface area contributed by atoms with E-state index >= 15 is 0 Å². The number of nitrogens with zero attached hydrogens (tertiary/aromatic N) is 1. The van der Waals surface area contributed by atoms with E-state index in [2.05, 4.69) is 0 Å². The van der Waals surface area contributed by atoms with Crippen molar-refractivity contribution in [2.45, 2.75) is 39.7 Å². The van der Waals surface area contributed by atoms with E-state index in [9.17, 15) is 9.18 Å². The molecule has 1 aromatic carbocycles. The second kappa shape index (κ2) is 4.86. The lowest BCUT2D eigenvalue weighted by molar-refractivity contribution is 0.0615. The minimum atomic E-state index is -0.459. The molecule has 0 bridgehead atoms. The van der Waals surface area contributed by atoms with Gasteiger partial charge in [-0.1, -0.05) is 18.6 Å². The number of carbonyl (C=O) groups excluding carboxylic acids is 1. The first kappa shape index (κ1) is 13.7. The van der Waals surface area contributed by atoms with Crippen LogP contribution in [0.1, 0.15) is 43.1 Å². The zero-order valence-electron chi connectivity index (χ0n) is 11.2. The predicted molar refractivity (Wildman–Crippen MR) is 67.6 cm³/mol. The van der Waals surface area contributed by atoms with Gasteiger partial charge in [0.25, 0.3) is 5.91 Å². The molecule has 0 aliphatic rings. The smallest absolute Gasteiger partial charge is 0.257 e. The van der Waals surface area contributed by atoms with Crippen LogP contribution in [0.3, 0.4) is 0 Å². The standard InChI is InChI=1S/C14H20FNO/c1-6-14(3,4)16(5)13(17)11-9-10(2)7-8-12(11)15/h7-9H,6H2,1-5H3. The van der Waals surface area contributed by atoms with E-state index in [1.165, 1.54) is 6.07 Å². The lowest BCUT2D eigenvalue weighted by Crippen LogP contribution is -2.44. The van der Waals surface area contributed by atoms with Crippen LogP contribution >= 0.6 is 0 Å². The fraction of sp³-hybridized carbons (Fsp3) is 0.500. The molecule has 0 heterocycles. The van der Waals surface area contributed by atoms with Gasteiger partial charge in [-0.15, -0.1) is 0 Å². The summed E-state index contributed by atoms with van der Waals surface area (Å²) in [4.78, 5) is 13.8. The first-order chi connectivity index (χ1) is 7.79. The highest BCUT2D eigenvalue weighted by atomic mass is 19.1. The zero-order valence-corrected chi connectivity index (χ0v) is 11.2. The van der Waals surface area contributed by atoms with Gasteiger partial charge in [0.15, 0.2) is 0 Å². The molecule has 3 heteroatoms. The Morgan fingerprint density at radius 1 is 1.41 bits per heavy atom. The molecule has 0 spiro atoms. The molecule has 0 unspecified atom stereocenters. The Labute approximate surface area is 102 Å². The van der Waals surface area contributed by atoms with Gasteiger partial charge in [-0.3, -0.25) is 4.79 Å². The molecule has 0 aromatic heterocycles. The van der Waals surface area contributed by atoms with E-state index in [0.29, 0.717) is 0 Å². The highest BCUT2D eigenvalue weighted by molar-refractivity contribution is 5.95. The summed E-state index contributed by atoms with van der Waals surface area (Å²) in [7, 11) is 1.72. The summed E-state index contributed by atoms with van der Waals surface area (Å²) >= 11 is 0. The average molecular weight is 237 g/mol. The minimum Gasteiger partial charge on any atom is -0.337 e. The van der Waals surface area contributed by atoms with Crippen LogP contribution in [0, 0.1) is 12.7 Å². The first-order valence-electron chi connectivity index (χ1n) is 5.84. The SMILES string of the molecule is CCC(C)(C)N(C)C(=O)c1cc(C)ccc1F. The molecular formula is C14H20FNO. The Kier molecular flexibility index (Phi) is 3.91. The number of hydrogen-bond acceptors (Lipinski definition) is 1. The van der Waals surface area contributed by atoms with E-state index in [4.69, 9.17) is 0 Å².